The van der Waals surface area contributed by atoms with Gasteiger partial charge in [0.25, 0.3) is 5.91 Å². The van der Waals surface area contributed by atoms with Crippen LogP contribution in [-0.4, -0.2) is 76.5 Å². The average molecular weight is 462 g/mol. The van der Waals surface area contributed by atoms with Crippen LogP contribution < -0.4 is 16.0 Å². The summed E-state index contributed by atoms with van der Waals surface area (Å²) in [5, 5.41) is 11.7. The summed E-state index contributed by atoms with van der Waals surface area (Å²) in [7, 11) is 0. The zero-order valence-corrected chi connectivity index (χ0v) is 19.4. The smallest absolute Gasteiger partial charge is 0.250 e. The third-order valence-corrected chi connectivity index (χ3v) is 6.42. The molecule has 2 unspecified atom stereocenters. The van der Waals surface area contributed by atoms with Crippen molar-refractivity contribution < 1.29 is 9.53 Å². The molecule has 2 saturated heterocycles. The highest BCUT2D eigenvalue weighted by Crippen LogP contribution is 2.27. The van der Waals surface area contributed by atoms with Gasteiger partial charge in [0, 0.05) is 42.8 Å². The standard InChI is InChI=1S/C22H32ClN7O2/c1-14(2)25-20(31)19-12-30(18(13-32-19)11-15-3-5-16(23)6-4-15)17-7-9-29(10-8-17)22-26-21(24)27-28-22/h3-6,14,17-19H,7-13H2,1-2H3,(H,25,31)(H3,24,26,27,28). The molecule has 0 aliphatic carbocycles. The van der Waals surface area contributed by atoms with Gasteiger partial charge in [0.15, 0.2) is 0 Å². The second kappa shape index (κ2) is 10.1. The SMILES string of the molecule is CC(C)NC(=O)C1CN(C2CCN(c3nnc(N)[nH]3)CC2)C(Cc2ccc(Cl)cc2)CO1. The van der Waals surface area contributed by atoms with Crippen LogP contribution in [0.1, 0.15) is 32.3 Å². The molecule has 0 radical (unpaired) electrons. The fourth-order valence-electron chi connectivity index (χ4n) is 4.59. The molecular formula is C22H32ClN7O2. The molecule has 2 atom stereocenters. The minimum atomic E-state index is -0.453. The summed E-state index contributed by atoms with van der Waals surface area (Å²) >= 11 is 6.06. The highest BCUT2D eigenvalue weighted by atomic mass is 35.5. The number of carbonyl (C=O) groups is 1. The van der Waals surface area contributed by atoms with Crippen molar-refractivity contribution in [2.75, 3.05) is 36.9 Å². The van der Waals surface area contributed by atoms with Gasteiger partial charge in [0.05, 0.1) is 6.61 Å². The number of nitrogens with two attached hydrogens (primary N) is 1. The number of piperidine rings is 1. The fraction of sp³-hybridized carbons (Fsp3) is 0.591. The summed E-state index contributed by atoms with van der Waals surface area (Å²) in [5.74, 6) is 1.01. The van der Waals surface area contributed by atoms with Crippen LogP contribution in [0.25, 0.3) is 0 Å². The Morgan fingerprint density at radius 1 is 1.28 bits per heavy atom. The molecule has 3 heterocycles. The van der Waals surface area contributed by atoms with E-state index in [-0.39, 0.29) is 18.0 Å². The monoisotopic (exact) mass is 461 g/mol. The Hall–Kier alpha value is -2.36. The number of nitrogens with one attached hydrogen (secondary N) is 2. The predicted molar refractivity (Wildman–Crippen MR) is 125 cm³/mol. The molecule has 0 bridgehead atoms. The van der Waals surface area contributed by atoms with Crippen LogP contribution in [0.15, 0.2) is 24.3 Å². The number of halogens is 1. The number of nitrogens with zero attached hydrogens (tertiary/aromatic N) is 4. The number of morpholine rings is 1. The second-order valence-corrected chi connectivity index (χ2v) is 9.35. The number of anilines is 2. The lowest BCUT2D eigenvalue weighted by Crippen LogP contribution is -2.60. The van der Waals surface area contributed by atoms with Crippen molar-refractivity contribution in [2.45, 2.75) is 57.3 Å². The summed E-state index contributed by atoms with van der Waals surface area (Å²) in [5.41, 5.74) is 6.90. The van der Waals surface area contributed by atoms with Gasteiger partial charge in [-0.1, -0.05) is 23.7 Å². The van der Waals surface area contributed by atoms with Gasteiger partial charge < -0.3 is 20.7 Å². The van der Waals surface area contributed by atoms with Crippen molar-refractivity contribution in [3.05, 3.63) is 34.9 Å². The highest BCUT2D eigenvalue weighted by Gasteiger charge is 2.38. The largest absolute Gasteiger partial charge is 0.368 e. The maximum atomic E-state index is 12.7. The zero-order valence-electron chi connectivity index (χ0n) is 18.6. The molecule has 2 aliphatic heterocycles. The first-order chi connectivity index (χ1) is 15.4. The maximum absolute atomic E-state index is 12.7. The van der Waals surface area contributed by atoms with E-state index >= 15 is 0 Å². The third kappa shape index (κ3) is 5.51. The zero-order chi connectivity index (χ0) is 22.7. The summed E-state index contributed by atoms with van der Waals surface area (Å²) in [4.78, 5) is 20.3. The second-order valence-electron chi connectivity index (χ2n) is 8.92. The maximum Gasteiger partial charge on any atom is 0.250 e. The Labute approximate surface area is 193 Å². The lowest BCUT2D eigenvalue weighted by atomic mass is 9.96. The van der Waals surface area contributed by atoms with Gasteiger partial charge in [0.2, 0.25) is 11.9 Å². The molecule has 0 spiro atoms. The summed E-state index contributed by atoms with van der Waals surface area (Å²) in [6.45, 7) is 6.76. The van der Waals surface area contributed by atoms with Crippen LogP contribution in [0, 0.1) is 0 Å². The normalized spacial score (nSPS) is 22.9. The number of rotatable bonds is 6. The first kappa shape index (κ1) is 22.8. The Balaban J connectivity index is 1.45. The van der Waals surface area contributed by atoms with E-state index in [0.717, 1.165) is 43.3 Å². The minimum Gasteiger partial charge on any atom is -0.368 e. The van der Waals surface area contributed by atoms with Crippen molar-refractivity contribution >= 4 is 29.4 Å². The first-order valence-electron chi connectivity index (χ1n) is 11.2. The van der Waals surface area contributed by atoms with Gasteiger partial charge in [-0.2, -0.15) is 0 Å². The molecule has 2 aliphatic rings. The van der Waals surface area contributed by atoms with Crippen molar-refractivity contribution in [3.8, 4) is 0 Å². The van der Waals surface area contributed by atoms with Crippen molar-refractivity contribution in [1.82, 2.24) is 25.4 Å². The lowest BCUT2D eigenvalue weighted by molar-refractivity contribution is -0.145. The van der Waals surface area contributed by atoms with Gasteiger partial charge >= 0.3 is 0 Å². The van der Waals surface area contributed by atoms with E-state index in [9.17, 15) is 4.79 Å². The predicted octanol–water partition coefficient (Wildman–Crippen LogP) is 1.85. The number of hydrogen-bond acceptors (Lipinski definition) is 7. The number of aromatic amines is 1. The van der Waals surface area contributed by atoms with Crippen molar-refractivity contribution in [3.63, 3.8) is 0 Å². The van der Waals surface area contributed by atoms with Gasteiger partial charge in [-0.3, -0.25) is 14.7 Å². The number of benzene rings is 1. The molecule has 1 amide bonds. The van der Waals surface area contributed by atoms with E-state index in [4.69, 9.17) is 22.1 Å². The van der Waals surface area contributed by atoms with E-state index in [0.29, 0.717) is 25.1 Å². The Kier molecular flexibility index (Phi) is 7.17. The summed E-state index contributed by atoms with van der Waals surface area (Å²) in [6.07, 6.45) is 2.34. The Bertz CT molecular complexity index is 896. The molecule has 2 fully saturated rings. The molecule has 10 heteroatoms. The topological polar surface area (TPSA) is 112 Å². The van der Waals surface area contributed by atoms with Crippen molar-refractivity contribution in [2.24, 2.45) is 0 Å². The quantitative estimate of drug-likeness (QED) is 0.601. The average Bonchev–Trinajstić information content (AvgIpc) is 3.21. The van der Waals surface area contributed by atoms with E-state index in [1.807, 2.05) is 26.0 Å². The van der Waals surface area contributed by atoms with E-state index in [2.05, 4.69) is 42.4 Å². The molecule has 9 nitrogen and oxygen atoms in total. The first-order valence-corrected chi connectivity index (χ1v) is 11.6. The molecule has 2 aromatic rings. The molecular weight excluding hydrogens is 430 g/mol. The van der Waals surface area contributed by atoms with Gasteiger partial charge in [-0.25, -0.2) is 0 Å². The van der Waals surface area contributed by atoms with E-state index < -0.39 is 6.10 Å². The molecule has 0 saturated carbocycles. The van der Waals surface area contributed by atoms with Crippen LogP contribution in [0.2, 0.25) is 5.02 Å². The summed E-state index contributed by atoms with van der Waals surface area (Å²) < 4.78 is 6.04. The Morgan fingerprint density at radius 3 is 2.62 bits per heavy atom. The molecule has 32 heavy (non-hydrogen) atoms. The molecule has 1 aromatic carbocycles. The fourth-order valence-corrected chi connectivity index (χ4v) is 4.71. The number of aromatic nitrogens is 3. The van der Waals surface area contributed by atoms with Crippen molar-refractivity contribution in [1.29, 1.82) is 0 Å². The van der Waals surface area contributed by atoms with E-state index in [1.54, 1.807) is 0 Å². The van der Waals surface area contributed by atoms with Crippen LogP contribution >= 0.6 is 11.6 Å². The van der Waals surface area contributed by atoms with Crippen LogP contribution in [-0.2, 0) is 16.0 Å². The minimum absolute atomic E-state index is 0.0375. The number of nitrogen functional groups attached to an aromatic ring is 1. The van der Waals surface area contributed by atoms with E-state index in [1.165, 1.54) is 5.56 Å². The van der Waals surface area contributed by atoms with Gasteiger partial charge in [0.1, 0.15) is 6.10 Å². The molecule has 174 valence electrons. The lowest BCUT2D eigenvalue weighted by Gasteiger charge is -2.46. The van der Waals surface area contributed by atoms with Crippen LogP contribution in [0.5, 0.6) is 0 Å². The summed E-state index contributed by atoms with van der Waals surface area (Å²) in [6, 6.07) is 8.63. The number of carbonyl (C=O) groups excluding carboxylic acids is 1. The van der Waals surface area contributed by atoms with Crippen LogP contribution in [0.4, 0.5) is 11.9 Å². The van der Waals surface area contributed by atoms with Crippen LogP contribution in [0.3, 0.4) is 0 Å². The number of H-pyrrole nitrogens is 1. The highest BCUT2D eigenvalue weighted by molar-refractivity contribution is 6.30. The third-order valence-electron chi connectivity index (χ3n) is 6.17. The van der Waals surface area contributed by atoms with Gasteiger partial charge in [-0.15, -0.1) is 10.2 Å². The Morgan fingerprint density at radius 2 is 2.00 bits per heavy atom. The molecule has 1 aromatic heterocycles. The number of amides is 1. The van der Waals surface area contributed by atoms with Gasteiger partial charge in [-0.05, 0) is 50.8 Å². The number of ether oxygens (including phenoxy) is 1. The molecule has 4 rings (SSSR count). The number of hydrogen-bond donors (Lipinski definition) is 3. The molecule has 4 N–H and O–H groups in total.